The van der Waals surface area contributed by atoms with E-state index in [2.05, 4.69) is 122 Å². The third kappa shape index (κ3) is 7.67. The number of carbonyl (C=O) groups excluding carboxylic acids is 1. The molecule has 1 N–H and O–H groups in total. The van der Waals surface area contributed by atoms with Gasteiger partial charge in [0.2, 0.25) is 5.91 Å². The molecule has 3 heterocycles. The van der Waals surface area contributed by atoms with Crippen LogP contribution in [0.2, 0.25) is 54.4 Å². The van der Waals surface area contributed by atoms with Gasteiger partial charge in [-0.05, 0) is 54.4 Å². The van der Waals surface area contributed by atoms with Gasteiger partial charge in [-0.15, -0.1) is 0 Å². The number of amides is 1. The molecule has 2 aromatic heterocycles. The Morgan fingerprint density at radius 1 is 0.837 bits per heavy atom. The van der Waals surface area contributed by atoms with Crippen LogP contribution in [0.1, 0.15) is 75.5 Å². The van der Waals surface area contributed by atoms with Crippen molar-refractivity contribution in [2.45, 2.75) is 148 Å². The van der Waals surface area contributed by atoms with Crippen molar-refractivity contribution in [2.24, 2.45) is 0 Å². The van der Waals surface area contributed by atoms with Crippen LogP contribution in [-0.4, -0.2) is 75.3 Å². The number of anilines is 1. The molecular weight excluding hydrogens is 595 g/mol. The predicted molar refractivity (Wildman–Crippen MR) is 181 cm³/mol. The van der Waals surface area contributed by atoms with E-state index in [9.17, 15) is 4.79 Å². The first-order valence-corrected chi connectivity index (χ1v) is 24.1. The second kappa shape index (κ2) is 12.0. The lowest BCUT2D eigenvalue weighted by Gasteiger charge is -2.44. The fourth-order valence-electron chi connectivity index (χ4n) is 4.17. The highest BCUT2D eigenvalue weighted by Crippen LogP contribution is 2.47. The van der Waals surface area contributed by atoms with Crippen molar-refractivity contribution in [3.8, 4) is 0 Å². The normalized spacial score (nSPS) is 22.8. The van der Waals surface area contributed by atoms with Gasteiger partial charge in [0.05, 0.1) is 12.9 Å². The smallest absolute Gasteiger partial charge is 0.222 e. The van der Waals surface area contributed by atoms with Crippen LogP contribution in [0, 0.1) is 0 Å². The van der Waals surface area contributed by atoms with Gasteiger partial charge in [-0.3, -0.25) is 9.36 Å². The summed E-state index contributed by atoms with van der Waals surface area (Å²) in [6.07, 6.45) is 1.42. The molecule has 2 aromatic rings. The second-order valence-electron chi connectivity index (χ2n) is 16.5. The summed E-state index contributed by atoms with van der Waals surface area (Å²) in [5, 5.41) is 2.77. The minimum absolute atomic E-state index is 0.0143. The molecule has 0 saturated carbocycles. The number of rotatable bonds is 9. The Balaban J connectivity index is 2.18. The lowest BCUT2D eigenvalue weighted by Crippen LogP contribution is -2.54. The molecule has 0 aliphatic carbocycles. The SMILES string of the molecule is CC(=O)Nc1ncnc2c1ncn2[C@@H]1O[C@H](CO[Si](C)(C)C(C)(C)C)[C@@H](O[Si](C)(C)C(C)(C)C)[C@H]1O[Si](C)(C)C(C)(C)C. The molecule has 4 atom stereocenters. The van der Waals surface area contributed by atoms with Gasteiger partial charge in [-0.1, -0.05) is 62.3 Å². The van der Waals surface area contributed by atoms with Crippen molar-refractivity contribution in [1.29, 1.82) is 0 Å². The first-order chi connectivity index (χ1) is 19.3. The molecule has 0 bridgehead atoms. The number of hydrogen-bond donors (Lipinski definition) is 1. The molecular formula is C30H57N5O5Si3. The van der Waals surface area contributed by atoms with Crippen molar-refractivity contribution in [2.75, 3.05) is 11.9 Å². The summed E-state index contributed by atoms with van der Waals surface area (Å²) < 4.78 is 30.1. The average Bonchev–Trinajstić information content (AvgIpc) is 3.37. The van der Waals surface area contributed by atoms with Crippen LogP contribution in [0.25, 0.3) is 11.2 Å². The van der Waals surface area contributed by atoms with E-state index in [1.54, 1.807) is 6.33 Å². The van der Waals surface area contributed by atoms with Gasteiger partial charge in [-0.25, -0.2) is 15.0 Å². The van der Waals surface area contributed by atoms with E-state index in [4.69, 9.17) is 18.0 Å². The minimum atomic E-state index is -2.31. The van der Waals surface area contributed by atoms with Gasteiger partial charge in [0, 0.05) is 6.92 Å². The summed E-state index contributed by atoms with van der Waals surface area (Å²) in [7, 11) is -6.66. The number of carbonyl (C=O) groups is 1. The fraction of sp³-hybridized carbons (Fsp3) is 0.800. The molecule has 244 valence electrons. The second-order valence-corrected chi connectivity index (χ2v) is 30.9. The summed E-state index contributed by atoms with van der Waals surface area (Å²) in [5.74, 6) is 0.138. The van der Waals surface area contributed by atoms with Gasteiger partial charge in [0.25, 0.3) is 0 Å². The Hall–Kier alpha value is -1.49. The summed E-state index contributed by atoms with van der Waals surface area (Å²) in [4.78, 5) is 25.3. The van der Waals surface area contributed by atoms with E-state index in [0.29, 0.717) is 23.6 Å². The topological polar surface area (TPSA) is 110 Å². The standard InChI is InChI=1S/C30H57N5O5Si3/c1-20(36)34-25-22-26(32-18-31-25)35(19-33-22)27-24(40-43(15,16)30(8,9)10)23(39-42(13,14)29(5,6)7)21(38-27)17-37-41(11,12)28(2,3)4/h18-19,21,23-24,27H,17H2,1-16H3,(H,31,32,34,36)/t21-,23-,24-,27-/m1/s1. The molecule has 1 fully saturated rings. The summed E-state index contributed by atoms with van der Waals surface area (Å²) in [6.45, 7) is 35.7. The number of imidazole rings is 1. The lowest BCUT2D eigenvalue weighted by atomic mass is 10.1. The van der Waals surface area contributed by atoms with E-state index in [1.807, 2.05) is 4.57 Å². The Labute approximate surface area is 262 Å². The van der Waals surface area contributed by atoms with Crippen molar-refractivity contribution in [3.05, 3.63) is 12.7 Å². The zero-order valence-corrected chi connectivity index (χ0v) is 32.5. The molecule has 0 spiro atoms. The molecule has 10 nitrogen and oxygen atoms in total. The Kier molecular flexibility index (Phi) is 10.1. The highest BCUT2D eigenvalue weighted by atomic mass is 28.4. The van der Waals surface area contributed by atoms with E-state index < -0.39 is 37.3 Å². The maximum absolute atomic E-state index is 11.9. The minimum Gasteiger partial charge on any atom is -0.414 e. The van der Waals surface area contributed by atoms with Crippen molar-refractivity contribution in [3.63, 3.8) is 0 Å². The third-order valence-corrected chi connectivity index (χ3v) is 23.5. The largest absolute Gasteiger partial charge is 0.414 e. The van der Waals surface area contributed by atoms with Gasteiger partial charge < -0.3 is 23.3 Å². The quantitative estimate of drug-likeness (QED) is 0.278. The summed E-state index contributed by atoms with van der Waals surface area (Å²) >= 11 is 0. The van der Waals surface area contributed by atoms with E-state index in [0.717, 1.165) is 0 Å². The Bertz CT molecular complexity index is 1290. The first-order valence-electron chi connectivity index (χ1n) is 15.4. The molecule has 0 unspecified atom stereocenters. The van der Waals surface area contributed by atoms with E-state index in [1.165, 1.54) is 13.3 Å². The van der Waals surface area contributed by atoms with Gasteiger partial charge in [-0.2, -0.15) is 0 Å². The average molecular weight is 652 g/mol. The van der Waals surface area contributed by atoms with Crippen LogP contribution in [0.15, 0.2) is 12.7 Å². The van der Waals surface area contributed by atoms with Gasteiger partial charge >= 0.3 is 0 Å². The fourth-order valence-corrected chi connectivity index (χ4v) is 7.79. The first kappa shape index (κ1) is 36.0. The zero-order valence-electron chi connectivity index (χ0n) is 29.5. The molecule has 3 rings (SSSR count). The van der Waals surface area contributed by atoms with Crippen LogP contribution in [0.3, 0.4) is 0 Å². The lowest BCUT2D eigenvalue weighted by molar-refractivity contribution is -0.114. The molecule has 1 amide bonds. The molecule has 1 aliphatic rings. The number of nitrogens with zero attached hydrogens (tertiary/aromatic N) is 4. The highest BCUT2D eigenvalue weighted by molar-refractivity contribution is 6.75. The van der Waals surface area contributed by atoms with E-state index >= 15 is 0 Å². The molecule has 0 aromatic carbocycles. The Morgan fingerprint density at radius 2 is 1.35 bits per heavy atom. The summed E-state index contributed by atoms with van der Waals surface area (Å²) in [6, 6.07) is 0. The number of fused-ring (bicyclic) bond motifs is 1. The predicted octanol–water partition coefficient (Wildman–Crippen LogP) is 7.48. The van der Waals surface area contributed by atoms with Crippen molar-refractivity contribution in [1.82, 2.24) is 19.5 Å². The van der Waals surface area contributed by atoms with E-state index in [-0.39, 0.29) is 33.2 Å². The molecule has 0 radical (unpaired) electrons. The Morgan fingerprint density at radius 3 is 1.84 bits per heavy atom. The number of nitrogens with one attached hydrogen (secondary N) is 1. The van der Waals surface area contributed by atoms with Crippen LogP contribution in [0.4, 0.5) is 5.82 Å². The van der Waals surface area contributed by atoms with Crippen LogP contribution >= 0.6 is 0 Å². The van der Waals surface area contributed by atoms with Crippen LogP contribution in [-0.2, 0) is 22.8 Å². The zero-order chi connectivity index (χ0) is 33.0. The molecule has 1 saturated heterocycles. The van der Waals surface area contributed by atoms with Crippen molar-refractivity contribution < 1.29 is 22.8 Å². The van der Waals surface area contributed by atoms with Crippen LogP contribution < -0.4 is 5.32 Å². The maximum atomic E-state index is 11.9. The summed E-state index contributed by atoms with van der Waals surface area (Å²) in [5.41, 5.74) is 1.06. The third-order valence-electron chi connectivity index (χ3n) is 10.1. The molecule has 43 heavy (non-hydrogen) atoms. The molecule has 1 aliphatic heterocycles. The highest BCUT2D eigenvalue weighted by Gasteiger charge is 2.55. The maximum Gasteiger partial charge on any atom is 0.222 e. The van der Waals surface area contributed by atoms with Gasteiger partial charge in [0.1, 0.15) is 24.6 Å². The van der Waals surface area contributed by atoms with Gasteiger partial charge in [0.15, 0.2) is 48.2 Å². The molecule has 13 heteroatoms. The number of aromatic nitrogens is 4. The number of ether oxygens (including phenoxy) is 1. The monoisotopic (exact) mass is 651 g/mol. The van der Waals surface area contributed by atoms with Crippen LogP contribution in [0.5, 0.6) is 0 Å². The number of hydrogen-bond acceptors (Lipinski definition) is 8. The van der Waals surface area contributed by atoms with Crippen molar-refractivity contribution >= 4 is 47.8 Å².